The molecule has 0 aliphatic carbocycles. The first kappa shape index (κ1) is 18.4. The fourth-order valence-corrected chi connectivity index (χ4v) is 3.71. The smallest absolute Gasteiger partial charge is 0.341 e. The van der Waals surface area contributed by atoms with E-state index in [1.54, 1.807) is 30.3 Å². The number of ether oxygens (including phenoxy) is 1. The van der Waals surface area contributed by atoms with Crippen LogP contribution in [-0.2, 0) is 4.79 Å². The molecule has 0 bridgehead atoms. The molecule has 0 spiro atoms. The average molecular weight is 502 g/mol. The number of carboxylic acid groups (broad SMARTS) is 1. The van der Waals surface area contributed by atoms with E-state index in [1.165, 1.54) is 12.1 Å². The van der Waals surface area contributed by atoms with E-state index in [0.717, 1.165) is 0 Å². The van der Waals surface area contributed by atoms with Crippen LogP contribution >= 0.6 is 38.5 Å². The van der Waals surface area contributed by atoms with Gasteiger partial charge < -0.3 is 9.84 Å². The molecule has 0 aliphatic rings. The maximum atomic E-state index is 13.3. The second-order valence-corrected chi connectivity index (χ2v) is 6.69. The van der Waals surface area contributed by atoms with Crippen LogP contribution in [0, 0.1) is 20.7 Å². The lowest BCUT2D eigenvalue weighted by Gasteiger charge is -2.10. The van der Waals surface area contributed by atoms with Gasteiger partial charge in [0.25, 0.3) is 0 Å². The van der Waals surface area contributed by atoms with Crippen LogP contribution in [0.15, 0.2) is 40.9 Å². The van der Waals surface area contributed by atoms with E-state index >= 15 is 0 Å². The van der Waals surface area contributed by atoms with Crippen molar-refractivity contribution in [2.75, 3.05) is 6.61 Å². The van der Waals surface area contributed by atoms with Crippen LogP contribution in [0.1, 0.15) is 11.1 Å². The van der Waals surface area contributed by atoms with E-state index in [-0.39, 0.29) is 0 Å². The molecular weight excluding hydrogens is 492 g/mol. The van der Waals surface area contributed by atoms with Gasteiger partial charge in [0.1, 0.15) is 11.6 Å². The fourth-order valence-electron chi connectivity index (χ4n) is 1.94. The van der Waals surface area contributed by atoms with Crippen molar-refractivity contribution in [3.63, 3.8) is 0 Å². The van der Waals surface area contributed by atoms with Gasteiger partial charge in [0.05, 0.1) is 19.7 Å². The van der Waals surface area contributed by atoms with E-state index in [9.17, 15) is 14.4 Å². The van der Waals surface area contributed by atoms with Crippen LogP contribution in [0.5, 0.6) is 5.75 Å². The number of hydrogen-bond donors (Lipinski definition) is 1. The summed E-state index contributed by atoms with van der Waals surface area (Å²) in [6, 6.07) is 11.3. The summed E-state index contributed by atoms with van der Waals surface area (Å²) >= 11 is 5.35. The topological polar surface area (TPSA) is 70.3 Å². The number of aliphatic carboxylic acids is 1. The third-order valence-electron chi connectivity index (χ3n) is 2.93. The minimum atomic E-state index is -1.07. The Hall–Kier alpha value is -1.92. The Morgan fingerprint density at radius 3 is 2.75 bits per heavy atom. The maximum Gasteiger partial charge on any atom is 0.341 e. The summed E-state index contributed by atoms with van der Waals surface area (Å²) in [5, 5.41) is 18.0. The van der Waals surface area contributed by atoms with Gasteiger partial charge in [-0.2, -0.15) is 5.26 Å². The first-order valence-electron chi connectivity index (χ1n) is 6.62. The Morgan fingerprint density at radius 2 is 2.17 bits per heavy atom. The molecule has 24 heavy (non-hydrogen) atoms. The monoisotopic (exact) mass is 501 g/mol. The highest BCUT2D eigenvalue weighted by Gasteiger charge is 2.11. The van der Waals surface area contributed by atoms with Gasteiger partial charge in [-0.15, -0.1) is 0 Å². The number of halogens is 3. The molecular formula is C17H10BrFINO3. The number of carbonyl (C=O) groups is 1. The second-order valence-electron chi connectivity index (χ2n) is 4.68. The lowest BCUT2D eigenvalue weighted by molar-refractivity contribution is -0.139. The zero-order valence-corrected chi connectivity index (χ0v) is 15.8. The first-order chi connectivity index (χ1) is 11.4. The molecule has 0 amide bonds. The highest BCUT2D eigenvalue weighted by Crippen LogP contribution is 2.33. The van der Waals surface area contributed by atoms with Crippen molar-refractivity contribution in [1.29, 1.82) is 5.26 Å². The van der Waals surface area contributed by atoms with Crippen molar-refractivity contribution in [3.8, 4) is 11.8 Å². The molecule has 0 heterocycles. The van der Waals surface area contributed by atoms with Gasteiger partial charge >= 0.3 is 5.97 Å². The Bertz CT molecular complexity index is 838. The highest BCUT2D eigenvalue weighted by molar-refractivity contribution is 14.1. The molecule has 0 fully saturated rings. The third kappa shape index (κ3) is 4.79. The number of allylic oxidation sites excluding steroid dienone is 1. The van der Waals surface area contributed by atoms with Crippen molar-refractivity contribution in [1.82, 2.24) is 0 Å². The van der Waals surface area contributed by atoms with E-state index in [2.05, 4.69) is 22.0 Å². The van der Waals surface area contributed by atoms with Gasteiger partial charge in [-0.1, -0.05) is 12.1 Å². The number of nitriles is 1. The van der Waals surface area contributed by atoms with Crippen molar-refractivity contribution >= 4 is 56.1 Å². The first-order valence-corrected chi connectivity index (χ1v) is 8.49. The SMILES string of the molecule is N#C/C(=C/c1cc(Br)c(OCC(=O)O)c(I)c1)c1cccc(F)c1. The van der Waals surface area contributed by atoms with Gasteiger partial charge in [0, 0.05) is 0 Å². The summed E-state index contributed by atoms with van der Waals surface area (Å²) in [4.78, 5) is 10.6. The molecule has 1 N–H and O–H groups in total. The normalized spacial score (nSPS) is 11.0. The summed E-state index contributed by atoms with van der Waals surface area (Å²) < 4.78 is 19.8. The molecule has 122 valence electrons. The summed E-state index contributed by atoms with van der Waals surface area (Å²) in [6.45, 7) is -0.448. The second kappa shape index (κ2) is 8.26. The lowest BCUT2D eigenvalue weighted by Crippen LogP contribution is -2.10. The van der Waals surface area contributed by atoms with E-state index in [1.807, 2.05) is 22.6 Å². The maximum absolute atomic E-state index is 13.3. The molecule has 0 aliphatic heterocycles. The minimum Gasteiger partial charge on any atom is -0.480 e. The molecule has 0 saturated heterocycles. The predicted octanol–water partition coefficient (Wildman–Crippen LogP) is 4.72. The number of rotatable bonds is 5. The molecule has 0 unspecified atom stereocenters. The Kier molecular flexibility index (Phi) is 6.34. The number of hydrogen-bond acceptors (Lipinski definition) is 3. The van der Waals surface area contributed by atoms with Crippen molar-refractivity contribution in [2.45, 2.75) is 0 Å². The van der Waals surface area contributed by atoms with E-state index in [4.69, 9.17) is 9.84 Å². The summed E-state index contributed by atoms with van der Waals surface area (Å²) in [5.41, 5.74) is 1.50. The Balaban J connectivity index is 2.38. The van der Waals surface area contributed by atoms with Crippen LogP contribution in [0.4, 0.5) is 4.39 Å². The average Bonchev–Trinajstić information content (AvgIpc) is 2.51. The molecule has 0 aromatic heterocycles. The van der Waals surface area contributed by atoms with Crippen molar-refractivity contribution < 1.29 is 19.0 Å². The Morgan fingerprint density at radius 1 is 1.42 bits per heavy atom. The molecule has 2 rings (SSSR count). The van der Waals surface area contributed by atoms with Crippen LogP contribution in [0.2, 0.25) is 0 Å². The van der Waals surface area contributed by atoms with Crippen molar-refractivity contribution in [2.24, 2.45) is 0 Å². The lowest BCUT2D eigenvalue weighted by atomic mass is 10.0. The van der Waals surface area contributed by atoms with Gasteiger partial charge in [-0.3, -0.25) is 0 Å². The van der Waals surface area contributed by atoms with Gasteiger partial charge in [0.15, 0.2) is 6.61 Å². The fraction of sp³-hybridized carbons (Fsp3) is 0.0588. The minimum absolute atomic E-state index is 0.316. The molecule has 2 aromatic carbocycles. The molecule has 2 aromatic rings. The number of carboxylic acids is 1. The molecule has 0 atom stereocenters. The van der Waals surface area contributed by atoms with Crippen LogP contribution in [0.3, 0.4) is 0 Å². The van der Waals surface area contributed by atoms with Gasteiger partial charge in [0.2, 0.25) is 0 Å². The Labute approximate surface area is 159 Å². The van der Waals surface area contributed by atoms with Crippen LogP contribution in [0.25, 0.3) is 11.6 Å². The van der Waals surface area contributed by atoms with Gasteiger partial charge in [-0.25, -0.2) is 9.18 Å². The zero-order chi connectivity index (χ0) is 17.7. The van der Waals surface area contributed by atoms with Crippen LogP contribution < -0.4 is 4.74 Å². The van der Waals surface area contributed by atoms with E-state index in [0.29, 0.717) is 30.5 Å². The van der Waals surface area contributed by atoms with Crippen molar-refractivity contribution in [3.05, 3.63) is 61.4 Å². The summed E-state index contributed by atoms with van der Waals surface area (Å²) in [7, 11) is 0. The highest BCUT2D eigenvalue weighted by atomic mass is 127. The summed E-state index contributed by atoms with van der Waals surface area (Å²) in [6.07, 6.45) is 1.63. The number of nitrogens with zero attached hydrogens (tertiary/aromatic N) is 1. The standard InChI is InChI=1S/C17H10BrFINO3/c18-14-5-10(6-15(20)17(14)24-9-16(22)23)4-12(8-21)11-2-1-3-13(19)7-11/h1-7H,9H2,(H,22,23)/b12-4-. The summed E-state index contributed by atoms with van der Waals surface area (Å²) in [5.74, 6) is -1.07. The number of benzene rings is 2. The molecule has 4 nitrogen and oxygen atoms in total. The zero-order valence-electron chi connectivity index (χ0n) is 12.1. The molecule has 7 heteroatoms. The quantitative estimate of drug-likeness (QED) is 0.365. The third-order valence-corrected chi connectivity index (χ3v) is 4.32. The molecule has 0 saturated carbocycles. The predicted molar refractivity (Wildman–Crippen MR) is 99.9 cm³/mol. The van der Waals surface area contributed by atoms with Crippen LogP contribution in [-0.4, -0.2) is 17.7 Å². The van der Waals surface area contributed by atoms with Gasteiger partial charge in [-0.05, 0) is 80.0 Å². The largest absolute Gasteiger partial charge is 0.480 e. The molecule has 0 radical (unpaired) electrons. The van der Waals surface area contributed by atoms with E-state index < -0.39 is 18.4 Å².